The molecule has 3 rings (SSSR count). The Hall–Kier alpha value is -1.71. The Labute approximate surface area is 157 Å². The number of rotatable bonds is 2. The Balaban J connectivity index is 1.72. The molecule has 142 valence electrons. The highest BCUT2D eigenvalue weighted by molar-refractivity contribution is 7.89. The zero-order valence-corrected chi connectivity index (χ0v) is 17.0. The molecule has 0 atom stereocenters. The SMILES string of the molecule is Cc1nc2cc(S(=O)(=O)N3CCN(C(=O)OC(C)(C)C)CC3)ccc2s1. The fraction of sp³-hybridized carbons (Fsp3) is 0.529. The lowest BCUT2D eigenvalue weighted by Gasteiger charge is -2.34. The van der Waals surface area contributed by atoms with E-state index in [1.165, 1.54) is 15.6 Å². The van der Waals surface area contributed by atoms with Gasteiger partial charge >= 0.3 is 6.09 Å². The molecule has 0 spiro atoms. The van der Waals surface area contributed by atoms with Gasteiger partial charge in [0.15, 0.2) is 0 Å². The number of carbonyl (C=O) groups excluding carboxylic acids is 1. The second kappa shape index (κ2) is 6.79. The molecule has 1 saturated heterocycles. The summed E-state index contributed by atoms with van der Waals surface area (Å²) in [6.45, 7) is 8.43. The van der Waals surface area contributed by atoms with Gasteiger partial charge in [0.25, 0.3) is 0 Å². The normalized spacial score (nSPS) is 16.8. The van der Waals surface area contributed by atoms with Crippen LogP contribution in [0.15, 0.2) is 23.1 Å². The van der Waals surface area contributed by atoms with Crippen molar-refractivity contribution in [3.8, 4) is 0 Å². The fourth-order valence-electron chi connectivity index (χ4n) is 2.77. The quantitative estimate of drug-likeness (QED) is 0.778. The molecule has 0 radical (unpaired) electrons. The Morgan fingerprint density at radius 1 is 1.19 bits per heavy atom. The monoisotopic (exact) mass is 397 g/mol. The van der Waals surface area contributed by atoms with Gasteiger partial charge in [0.2, 0.25) is 10.0 Å². The molecule has 0 saturated carbocycles. The van der Waals surface area contributed by atoms with Gasteiger partial charge in [0.05, 0.1) is 20.1 Å². The Bertz CT molecular complexity index is 923. The van der Waals surface area contributed by atoms with E-state index in [0.717, 1.165) is 9.71 Å². The second-order valence-electron chi connectivity index (χ2n) is 7.23. The van der Waals surface area contributed by atoms with Gasteiger partial charge in [-0.2, -0.15) is 4.31 Å². The summed E-state index contributed by atoms with van der Waals surface area (Å²) in [5.41, 5.74) is 0.127. The summed E-state index contributed by atoms with van der Waals surface area (Å²) in [5.74, 6) is 0. The number of hydrogen-bond donors (Lipinski definition) is 0. The topological polar surface area (TPSA) is 79.8 Å². The van der Waals surface area contributed by atoms with Gasteiger partial charge in [-0.15, -0.1) is 11.3 Å². The van der Waals surface area contributed by atoms with Crippen molar-refractivity contribution in [1.29, 1.82) is 0 Å². The Kier molecular flexibility index (Phi) is 4.98. The lowest BCUT2D eigenvalue weighted by atomic mass is 10.2. The predicted molar refractivity (Wildman–Crippen MR) is 101 cm³/mol. The molecule has 1 fully saturated rings. The van der Waals surface area contributed by atoms with Gasteiger partial charge in [-0.05, 0) is 45.9 Å². The number of aryl methyl sites for hydroxylation is 1. The van der Waals surface area contributed by atoms with Crippen LogP contribution in [0.3, 0.4) is 0 Å². The first-order valence-electron chi connectivity index (χ1n) is 8.41. The zero-order chi connectivity index (χ0) is 19.1. The van der Waals surface area contributed by atoms with E-state index < -0.39 is 21.7 Å². The molecule has 1 aliphatic rings. The number of benzene rings is 1. The van der Waals surface area contributed by atoms with Gasteiger partial charge in [0, 0.05) is 26.2 Å². The van der Waals surface area contributed by atoms with Crippen LogP contribution in [0.25, 0.3) is 10.2 Å². The summed E-state index contributed by atoms with van der Waals surface area (Å²) in [5, 5.41) is 0.903. The van der Waals surface area contributed by atoms with E-state index in [1.54, 1.807) is 23.1 Å². The van der Waals surface area contributed by atoms with Crippen LogP contribution in [-0.4, -0.2) is 60.5 Å². The lowest BCUT2D eigenvalue weighted by Crippen LogP contribution is -2.51. The highest BCUT2D eigenvalue weighted by atomic mass is 32.2. The molecule has 1 amide bonds. The summed E-state index contributed by atoms with van der Waals surface area (Å²) in [7, 11) is -3.61. The van der Waals surface area contributed by atoms with Crippen LogP contribution in [0.2, 0.25) is 0 Å². The van der Waals surface area contributed by atoms with Crippen molar-refractivity contribution in [2.45, 2.75) is 38.2 Å². The molecule has 0 aliphatic carbocycles. The van der Waals surface area contributed by atoms with Gasteiger partial charge in [-0.25, -0.2) is 18.2 Å². The van der Waals surface area contributed by atoms with Crippen molar-refractivity contribution >= 4 is 37.7 Å². The number of hydrogen-bond acceptors (Lipinski definition) is 6. The Morgan fingerprint density at radius 3 is 2.46 bits per heavy atom. The molecule has 2 heterocycles. The van der Waals surface area contributed by atoms with Crippen molar-refractivity contribution < 1.29 is 17.9 Å². The maximum atomic E-state index is 12.9. The van der Waals surface area contributed by atoms with Crippen LogP contribution in [-0.2, 0) is 14.8 Å². The number of nitrogens with zero attached hydrogens (tertiary/aromatic N) is 3. The minimum absolute atomic E-state index is 0.237. The first kappa shape index (κ1) is 19.1. The fourth-order valence-corrected chi connectivity index (χ4v) is 5.02. The lowest BCUT2D eigenvalue weighted by molar-refractivity contribution is 0.0192. The van der Waals surface area contributed by atoms with Crippen LogP contribution in [0, 0.1) is 6.92 Å². The van der Waals surface area contributed by atoms with E-state index in [4.69, 9.17) is 4.74 Å². The molecular weight excluding hydrogens is 374 g/mol. The number of aromatic nitrogens is 1. The molecule has 9 heteroatoms. The van der Waals surface area contributed by atoms with E-state index in [0.29, 0.717) is 18.6 Å². The average Bonchev–Trinajstić information content (AvgIpc) is 2.92. The largest absolute Gasteiger partial charge is 0.444 e. The smallest absolute Gasteiger partial charge is 0.410 e. The van der Waals surface area contributed by atoms with Crippen molar-refractivity contribution in [3.63, 3.8) is 0 Å². The van der Waals surface area contributed by atoms with Crippen LogP contribution >= 0.6 is 11.3 Å². The summed E-state index contributed by atoms with van der Waals surface area (Å²) in [4.78, 5) is 18.3. The maximum absolute atomic E-state index is 12.9. The van der Waals surface area contributed by atoms with Gasteiger partial charge in [-0.1, -0.05) is 0 Å². The minimum atomic E-state index is -3.61. The van der Waals surface area contributed by atoms with Crippen LogP contribution in [0.4, 0.5) is 4.79 Å². The molecule has 26 heavy (non-hydrogen) atoms. The van der Waals surface area contributed by atoms with E-state index in [-0.39, 0.29) is 18.0 Å². The molecule has 0 bridgehead atoms. The summed E-state index contributed by atoms with van der Waals surface area (Å²) in [6, 6.07) is 5.04. The number of ether oxygens (including phenoxy) is 1. The van der Waals surface area contributed by atoms with Gasteiger partial charge < -0.3 is 9.64 Å². The van der Waals surface area contributed by atoms with Crippen LogP contribution in [0.1, 0.15) is 25.8 Å². The second-order valence-corrected chi connectivity index (χ2v) is 10.4. The number of carbonyl (C=O) groups is 1. The number of amides is 1. The molecule has 0 unspecified atom stereocenters. The zero-order valence-electron chi connectivity index (χ0n) is 15.4. The Morgan fingerprint density at radius 2 is 1.85 bits per heavy atom. The maximum Gasteiger partial charge on any atom is 0.410 e. The first-order valence-corrected chi connectivity index (χ1v) is 10.7. The van der Waals surface area contributed by atoms with Gasteiger partial charge in [-0.3, -0.25) is 0 Å². The molecule has 1 aliphatic heterocycles. The first-order chi connectivity index (χ1) is 12.1. The third-order valence-corrected chi connectivity index (χ3v) is 6.84. The molecule has 2 aromatic rings. The standard InChI is InChI=1S/C17H23N3O4S2/c1-12-18-14-11-13(5-6-15(14)25-12)26(22,23)20-9-7-19(8-10-20)16(21)24-17(2,3)4/h5-6,11H,7-10H2,1-4H3. The number of piperazine rings is 1. The molecule has 1 aromatic carbocycles. The minimum Gasteiger partial charge on any atom is -0.444 e. The highest BCUT2D eigenvalue weighted by Gasteiger charge is 2.32. The summed E-state index contributed by atoms with van der Waals surface area (Å²) in [6.07, 6.45) is -0.408. The van der Waals surface area contributed by atoms with E-state index in [2.05, 4.69) is 4.98 Å². The van der Waals surface area contributed by atoms with Crippen LogP contribution < -0.4 is 0 Å². The summed E-state index contributed by atoms with van der Waals surface area (Å²) >= 11 is 1.54. The van der Waals surface area contributed by atoms with E-state index in [9.17, 15) is 13.2 Å². The molecular formula is C17H23N3O4S2. The van der Waals surface area contributed by atoms with Crippen molar-refractivity contribution in [2.24, 2.45) is 0 Å². The van der Waals surface area contributed by atoms with Crippen molar-refractivity contribution in [3.05, 3.63) is 23.2 Å². The van der Waals surface area contributed by atoms with Crippen LogP contribution in [0.5, 0.6) is 0 Å². The highest BCUT2D eigenvalue weighted by Crippen LogP contribution is 2.26. The number of sulfonamides is 1. The molecule has 1 aromatic heterocycles. The number of thiazole rings is 1. The third-order valence-electron chi connectivity index (χ3n) is 3.99. The van der Waals surface area contributed by atoms with Gasteiger partial charge in [0.1, 0.15) is 5.60 Å². The predicted octanol–water partition coefficient (Wildman–Crippen LogP) is 2.85. The average molecular weight is 398 g/mol. The van der Waals surface area contributed by atoms with E-state index in [1.807, 2.05) is 27.7 Å². The molecule has 0 N–H and O–H groups in total. The van der Waals surface area contributed by atoms with Crippen molar-refractivity contribution in [2.75, 3.05) is 26.2 Å². The number of fused-ring (bicyclic) bond motifs is 1. The third kappa shape index (κ3) is 3.99. The van der Waals surface area contributed by atoms with Crippen molar-refractivity contribution in [1.82, 2.24) is 14.2 Å². The summed E-state index contributed by atoms with van der Waals surface area (Å²) < 4.78 is 33.5. The molecule has 7 nitrogen and oxygen atoms in total. The van der Waals surface area contributed by atoms with E-state index >= 15 is 0 Å².